The van der Waals surface area contributed by atoms with Gasteiger partial charge in [-0.05, 0) is 18.1 Å². The summed E-state index contributed by atoms with van der Waals surface area (Å²) >= 11 is 1.61. The van der Waals surface area contributed by atoms with E-state index in [1.807, 2.05) is 6.20 Å². The number of carbonyl (C=O) groups is 2. The monoisotopic (exact) mass is 354 g/mol. The van der Waals surface area contributed by atoms with Gasteiger partial charge < -0.3 is 20.3 Å². The van der Waals surface area contributed by atoms with Gasteiger partial charge in [0.15, 0.2) is 6.04 Å². The van der Waals surface area contributed by atoms with Crippen LogP contribution >= 0.6 is 11.8 Å². The fraction of sp³-hybridized carbons (Fsp3) is 0.444. The van der Waals surface area contributed by atoms with E-state index in [0.717, 1.165) is 40.3 Å². The Hall–Kier alpha value is -1.83. The van der Waals surface area contributed by atoms with Gasteiger partial charge in [-0.1, -0.05) is 0 Å². The van der Waals surface area contributed by atoms with Gasteiger partial charge in [0.1, 0.15) is 12.1 Å². The fourth-order valence-corrected chi connectivity index (χ4v) is 7.84. The lowest BCUT2D eigenvalue weighted by atomic mass is 9.56. The molecule has 2 aliphatic carbocycles. The van der Waals surface area contributed by atoms with Gasteiger partial charge in [0.2, 0.25) is 11.6 Å². The highest BCUT2D eigenvalue weighted by atomic mass is 32.2. The van der Waals surface area contributed by atoms with Crippen molar-refractivity contribution < 1.29 is 19.6 Å². The molecule has 0 aromatic carbocycles. The number of aromatic amines is 1. The molecule has 1 aromatic rings. The number of allylic oxidation sites excluding steroid dienone is 1. The number of nitrogens with one attached hydrogen (secondary N) is 3. The lowest BCUT2D eigenvalue weighted by molar-refractivity contribution is -0.953. The van der Waals surface area contributed by atoms with Gasteiger partial charge in [0.05, 0.1) is 28.7 Å². The number of H-pyrrole nitrogens is 1. The Balaban J connectivity index is 1.65. The predicted molar refractivity (Wildman–Crippen MR) is 88.9 cm³/mol. The van der Waals surface area contributed by atoms with Crippen LogP contribution in [0, 0.1) is 5.41 Å². The Morgan fingerprint density at radius 1 is 1.36 bits per heavy atom. The predicted octanol–water partition coefficient (Wildman–Crippen LogP) is -0.790. The van der Waals surface area contributed by atoms with Crippen LogP contribution in [0.1, 0.15) is 34.1 Å². The fourth-order valence-electron chi connectivity index (χ4n) is 6.30. The highest BCUT2D eigenvalue weighted by molar-refractivity contribution is 8.04. The van der Waals surface area contributed by atoms with Crippen molar-refractivity contribution in [3.63, 3.8) is 0 Å². The SMILES string of the molecule is O=C1C2=C3C4c5c(c[nH]c51)CC[NH+]4C1C(=O)C=C4SC(CC43C1O)N2. The van der Waals surface area contributed by atoms with Crippen molar-refractivity contribution in [2.75, 3.05) is 6.54 Å². The van der Waals surface area contributed by atoms with Gasteiger partial charge in [0.25, 0.3) is 0 Å². The quantitative estimate of drug-likeness (QED) is 0.491. The standard InChI is InChI=1S/C18H15N3O3S/c22-7-3-8-18-4-9(25-8)20-13-11(18)15-10-6(5-19-12(10)16(13)23)1-2-21(15)14(7)17(18)24/h3,5,9,14-15,17,19-20,24H,1-2,4H2/p+1. The van der Waals surface area contributed by atoms with Crippen LogP contribution in [0.3, 0.4) is 0 Å². The zero-order chi connectivity index (χ0) is 16.7. The maximum atomic E-state index is 13.2. The average molecular weight is 354 g/mol. The minimum atomic E-state index is -0.731. The third kappa shape index (κ3) is 1.19. The van der Waals surface area contributed by atoms with E-state index in [9.17, 15) is 14.7 Å². The van der Waals surface area contributed by atoms with E-state index in [1.54, 1.807) is 17.8 Å². The first-order valence-corrected chi connectivity index (χ1v) is 9.71. The summed E-state index contributed by atoms with van der Waals surface area (Å²) in [7, 11) is 0. The number of Topliss-reactive ketones (excluding diaryl/α,β-unsaturated/α-hetero) is 1. The number of piperidine rings is 1. The van der Waals surface area contributed by atoms with E-state index < -0.39 is 17.6 Å². The summed E-state index contributed by atoms with van der Waals surface area (Å²) in [6.07, 6.45) is 4.58. The second-order valence-electron chi connectivity index (χ2n) is 7.99. The molecule has 1 spiro atoms. The number of quaternary nitrogens is 1. The van der Waals surface area contributed by atoms with Crippen molar-refractivity contribution in [3.05, 3.63) is 45.3 Å². The van der Waals surface area contributed by atoms with Crippen LogP contribution < -0.4 is 10.2 Å². The van der Waals surface area contributed by atoms with Crippen molar-refractivity contribution in [1.82, 2.24) is 10.3 Å². The van der Waals surface area contributed by atoms with Crippen LogP contribution in [-0.2, 0) is 11.2 Å². The molecule has 0 saturated carbocycles. The summed E-state index contributed by atoms with van der Waals surface area (Å²) in [6, 6.07) is -0.411. The van der Waals surface area contributed by atoms with Crippen molar-refractivity contribution in [1.29, 1.82) is 0 Å². The van der Waals surface area contributed by atoms with Crippen LogP contribution in [0.4, 0.5) is 0 Å². The molecule has 2 fully saturated rings. The van der Waals surface area contributed by atoms with Gasteiger partial charge in [-0.3, -0.25) is 9.59 Å². The Morgan fingerprint density at radius 3 is 3.12 bits per heavy atom. The molecule has 6 atom stereocenters. The number of aliphatic hydroxyl groups is 1. The smallest absolute Gasteiger partial charge is 0.225 e. The van der Waals surface area contributed by atoms with Crippen molar-refractivity contribution in [2.45, 2.75) is 36.4 Å². The molecule has 4 N–H and O–H groups in total. The molecule has 25 heavy (non-hydrogen) atoms. The van der Waals surface area contributed by atoms with E-state index >= 15 is 0 Å². The van der Waals surface area contributed by atoms with Gasteiger partial charge in [-0.25, -0.2) is 0 Å². The molecule has 7 heteroatoms. The van der Waals surface area contributed by atoms with Crippen molar-refractivity contribution in [2.24, 2.45) is 5.41 Å². The van der Waals surface area contributed by atoms with Crippen LogP contribution in [0.2, 0.25) is 0 Å². The second-order valence-corrected chi connectivity index (χ2v) is 9.23. The normalized spacial score (nSPS) is 44.7. The number of aliphatic hydroxyl groups excluding tert-OH is 1. The number of ketones is 2. The number of carbonyl (C=O) groups excluding carboxylic acids is 2. The van der Waals surface area contributed by atoms with Crippen LogP contribution in [0.25, 0.3) is 0 Å². The summed E-state index contributed by atoms with van der Waals surface area (Å²) in [5.74, 6) is 0.0587. The molecule has 6 unspecified atom stereocenters. The number of fused-ring (bicyclic) bond motifs is 3. The number of hydrogen-bond acceptors (Lipinski definition) is 5. The number of hydrogen-bond donors (Lipinski definition) is 4. The molecule has 0 radical (unpaired) electrons. The molecule has 126 valence electrons. The zero-order valence-corrected chi connectivity index (χ0v) is 14.1. The first kappa shape index (κ1) is 13.4. The Morgan fingerprint density at radius 2 is 2.24 bits per heavy atom. The molecule has 0 amide bonds. The molecule has 6 nitrogen and oxygen atoms in total. The maximum absolute atomic E-state index is 13.2. The molecule has 3 bridgehead atoms. The molecule has 2 saturated heterocycles. The van der Waals surface area contributed by atoms with E-state index in [4.69, 9.17) is 0 Å². The lowest BCUT2D eigenvalue weighted by Gasteiger charge is -2.56. The third-order valence-corrected chi connectivity index (χ3v) is 8.47. The molecule has 7 rings (SSSR count). The summed E-state index contributed by atoms with van der Waals surface area (Å²) < 4.78 is 0. The van der Waals surface area contributed by atoms with Gasteiger partial charge >= 0.3 is 0 Å². The van der Waals surface area contributed by atoms with Gasteiger partial charge in [-0.15, -0.1) is 11.8 Å². The second kappa shape index (κ2) is 3.79. The molecule has 6 aliphatic rings. The van der Waals surface area contributed by atoms with Crippen LogP contribution in [0.5, 0.6) is 0 Å². The molecular formula is C18H16N3O3S+. The van der Waals surface area contributed by atoms with Gasteiger partial charge in [0, 0.05) is 28.7 Å². The van der Waals surface area contributed by atoms with Gasteiger partial charge in [-0.2, -0.15) is 0 Å². The summed E-state index contributed by atoms with van der Waals surface area (Å²) in [6.45, 7) is 0.809. The average Bonchev–Trinajstić information content (AvgIpc) is 3.13. The van der Waals surface area contributed by atoms with E-state index in [-0.39, 0.29) is 23.0 Å². The minimum Gasteiger partial charge on any atom is -0.385 e. The Kier molecular flexibility index (Phi) is 2.03. The van der Waals surface area contributed by atoms with E-state index in [0.29, 0.717) is 11.4 Å². The molecule has 1 aromatic heterocycles. The summed E-state index contributed by atoms with van der Waals surface area (Å²) in [5.41, 5.74) is 4.13. The highest BCUT2D eigenvalue weighted by Gasteiger charge is 2.71. The Bertz CT molecular complexity index is 992. The maximum Gasteiger partial charge on any atom is 0.225 e. The highest BCUT2D eigenvalue weighted by Crippen LogP contribution is 2.65. The number of rotatable bonds is 0. The van der Waals surface area contributed by atoms with E-state index in [2.05, 4.69) is 10.3 Å². The van der Waals surface area contributed by atoms with Crippen LogP contribution in [0.15, 0.2) is 28.4 Å². The molecular weight excluding hydrogens is 338 g/mol. The Labute approximate surface area is 147 Å². The van der Waals surface area contributed by atoms with Crippen LogP contribution in [-0.4, -0.2) is 45.7 Å². The first-order chi connectivity index (χ1) is 12.1. The summed E-state index contributed by atoms with van der Waals surface area (Å²) in [4.78, 5) is 31.3. The molecule has 4 aliphatic heterocycles. The zero-order valence-electron chi connectivity index (χ0n) is 13.3. The largest absolute Gasteiger partial charge is 0.385 e. The third-order valence-electron chi connectivity index (χ3n) is 7.16. The summed E-state index contributed by atoms with van der Waals surface area (Å²) in [5, 5.41) is 14.8. The molecule has 5 heterocycles. The van der Waals surface area contributed by atoms with Crippen molar-refractivity contribution in [3.8, 4) is 0 Å². The first-order valence-electron chi connectivity index (χ1n) is 8.83. The number of thioether (sulfide) groups is 1. The lowest BCUT2D eigenvalue weighted by Crippen LogP contribution is -3.21. The van der Waals surface area contributed by atoms with Crippen molar-refractivity contribution >= 4 is 23.3 Å². The minimum absolute atomic E-state index is 0.00546. The van der Waals surface area contributed by atoms with E-state index in [1.165, 1.54) is 5.56 Å². The number of aromatic nitrogens is 1. The topological polar surface area (TPSA) is 86.6 Å².